The Hall–Kier alpha value is -2.04. The van der Waals surface area contributed by atoms with E-state index < -0.39 is 28.2 Å². The van der Waals surface area contributed by atoms with Crippen LogP contribution < -0.4 is 9.46 Å². The first-order valence-corrected chi connectivity index (χ1v) is 11.0. The van der Waals surface area contributed by atoms with Gasteiger partial charge in [0.1, 0.15) is 12.4 Å². The van der Waals surface area contributed by atoms with Crippen molar-refractivity contribution in [3.63, 3.8) is 0 Å². The van der Waals surface area contributed by atoms with Gasteiger partial charge in [0.2, 0.25) is 16.0 Å². The molecule has 0 bridgehead atoms. The first-order valence-electron chi connectivity index (χ1n) is 9.14. The molecule has 2 saturated carbocycles. The Morgan fingerprint density at radius 1 is 1.29 bits per heavy atom. The van der Waals surface area contributed by atoms with E-state index >= 15 is 0 Å². The number of aromatic nitrogens is 3. The summed E-state index contributed by atoms with van der Waals surface area (Å²) in [4.78, 5) is 0. The summed E-state index contributed by atoms with van der Waals surface area (Å²) in [5.74, 6) is 0.579. The van der Waals surface area contributed by atoms with E-state index in [1.54, 1.807) is 6.20 Å². The normalized spacial score (nSPS) is 19.9. The SMILES string of the molecule is CS(=O)(=O)Nc1nnc2cc(OCC3(C(F)(F)F)CCCC3)c(C3CC3)cn12. The fourth-order valence-electron chi connectivity index (χ4n) is 3.77. The first kappa shape index (κ1) is 19.3. The number of anilines is 1. The van der Waals surface area contributed by atoms with Crippen molar-refractivity contribution in [2.24, 2.45) is 5.41 Å². The summed E-state index contributed by atoms with van der Waals surface area (Å²) >= 11 is 0. The molecular formula is C17H21F3N4O3S. The highest BCUT2D eigenvalue weighted by atomic mass is 32.2. The number of hydrogen-bond acceptors (Lipinski definition) is 5. The van der Waals surface area contributed by atoms with E-state index in [4.69, 9.17) is 4.74 Å². The molecule has 0 aromatic carbocycles. The van der Waals surface area contributed by atoms with Crippen molar-refractivity contribution in [3.8, 4) is 5.75 Å². The summed E-state index contributed by atoms with van der Waals surface area (Å²) in [7, 11) is -3.54. The van der Waals surface area contributed by atoms with Gasteiger partial charge in [0.05, 0.1) is 11.7 Å². The van der Waals surface area contributed by atoms with Gasteiger partial charge in [-0.15, -0.1) is 10.2 Å². The highest BCUT2D eigenvalue weighted by Gasteiger charge is 2.56. The molecule has 7 nitrogen and oxygen atoms in total. The van der Waals surface area contributed by atoms with E-state index in [1.807, 2.05) is 0 Å². The van der Waals surface area contributed by atoms with Gasteiger partial charge in [-0.3, -0.25) is 9.12 Å². The lowest BCUT2D eigenvalue weighted by Gasteiger charge is -2.31. The molecule has 0 atom stereocenters. The number of fused-ring (bicyclic) bond motifs is 1. The second-order valence-corrected chi connectivity index (χ2v) is 9.52. The van der Waals surface area contributed by atoms with Crippen molar-refractivity contribution in [2.75, 3.05) is 17.6 Å². The molecule has 2 aromatic rings. The second kappa shape index (κ2) is 6.50. The average Bonchev–Trinajstić information content (AvgIpc) is 3.18. The highest BCUT2D eigenvalue weighted by molar-refractivity contribution is 7.91. The Kier molecular flexibility index (Phi) is 4.48. The van der Waals surface area contributed by atoms with E-state index in [2.05, 4.69) is 14.9 Å². The lowest BCUT2D eigenvalue weighted by atomic mass is 9.86. The molecule has 2 heterocycles. The molecule has 154 valence electrons. The number of halogens is 3. The summed E-state index contributed by atoms with van der Waals surface area (Å²) in [6.07, 6.45) is 1.40. The summed E-state index contributed by atoms with van der Waals surface area (Å²) < 4.78 is 73.4. The first-order chi connectivity index (χ1) is 13.1. The van der Waals surface area contributed by atoms with E-state index in [-0.39, 0.29) is 24.7 Å². The molecule has 2 aliphatic carbocycles. The lowest BCUT2D eigenvalue weighted by molar-refractivity contribution is -0.230. The zero-order chi connectivity index (χ0) is 20.2. The number of nitrogens with zero attached hydrogens (tertiary/aromatic N) is 3. The maximum atomic E-state index is 13.6. The molecule has 0 unspecified atom stereocenters. The van der Waals surface area contributed by atoms with Crippen molar-refractivity contribution in [1.82, 2.24) is 14.6 Å². The van der Waals surface area contributed by atoms with Crippen LogP contribution in [0.5, 0.6) is 5.75 Å². The number of alkyl halides is 3. The predicted octanol–water partition coefficient (Wildman–Crippen LogP) is 3.48. The minimum absolute atomic E-state index is 0.0357. The van der Waals surface area contributed by atoms with Crippen LogP contribution in [-0.4, -0.2) is 42.1 Å². The van der Waals surface area contributed by atoms with E-state index in [9.17, 15) is 21.6 Å². The number of ether oxygens (including phenoxy) is 1. The largest absolute Gasteiger partial charge is 0.492 e. The third-order valence-electron chi connectivity index (χ3n) is 5.49. The summed E-state index contributed by atoms with van der Waals surface area (Å²) in [5, 5.41) is 7.73. The van der Waals surface area contributed by atoms with Gasteiger partial charge in [0.25, 0.3) is 0 Å². The molecular weight excluding hydrogens is 397 g/mol. The van der Waals surface area contributed by atoms with E-state index in [1.165, 1.54) is 10.5 Å². The van der Waals surface area contributed by atoms with E-state index in [0.717, 1.165) is 24.7 Å². The van der Waals surface area contributed by atoms with Crippen LogP contribution in [0.15, 0.2) is 12.3 Å². The third-order valence-corrected chi connectivity index (χ3v) is 6.05. The van der Waals surface area contributed by atoms with Crippen LogP contribution >= 0.6 is 0 Å². The van der Waals surface area contributed by atoms with Crippen molar-refractivity contribution in [3.05, 3.63) is 17.8 Å². The Bertz CT molecular complexity index is 993. The molecule has 1 N–H and O–H groups in total. The molecule has 0 aliphatic heterocycles. The van der Waals surface area contributed by atoms with Crippen molar-refractivity contribution >= 4 is 21.6 Å². The summed E-state index contributed by atoms with van der Waals surface area (Å²) in [6.45, 7) is -0.422. The summed E-state index contributed by atoms with van der Waals surface area (Å²) in [6, 6.07) is 1.53. The van der Waals surface area contributed by atoms with Crippen LogP contribution in [0.3, 0.4) is 0 Å². The fourth-order valence-corrected chi connectivity index (χ4v) is 4.24. The monoisotopic (exact) mass is 418 g/mol. The molecule has 2 aliphatic rings. The minimum atomic E-state index is -4.31. The van der Waals surface area contributed by atoms with Crippen LogP contribution in [0.2, 0.25) is 0 Å². The molecule has 0 saturated heterocycles. The maximum absolute atomic E-state index is 13.6. The molecule has 11 heteroatoms. The van der Waals surface area contributed by atoms with Crippen molar-refractivity contribution in [1.29, 1.82) is 0 Å². The predicted molar refractivity (Wildman–Crippen MR) is 95.9 cm³/mol. The maximum Gasteiger partial charge on any atom is 0.397 e. The Labute approximate surface area is 160 Å². The van der Waals surface area contributed by atoms with Crippen LogP contribution in [0.1, 0.15) is 50.0 Å². The van der Waals surface area contributed by atoms with Gasteiger partial charge < -0.3 is 4.74 Å². The standard InChI is InChI=1S/C17H21F3N4O3S/c1-28(25,26)23-15-22-21-14-8-13(12(9-24(14)15)11-4-5-11)27-10-16(17(18,19)20)6-2-3-7-16/h8-9,11H,2-7,10H2,1H3,(H,22,23). The summed E-state index contributed by atoms with van der Waals surface area (Å²) in [5.41, 5.74) is -0.756. The number of hydrogen-bond donors (Lipinski definition) is 1. The molecule has 0 amide bonds. The van der Waals surface area contributed by atoms with Gasteiger partial charge in [-0.25, -0.2) is 8.42 Å². The van der Waals surface area contributed by atoms with Gasteiger partial charge in [-0.05, 0) is 31.6 Å². The molecule has 2 fully saturated rings. The van der Waals surface area contributed by atoms with Crippen molar-refractivity contribution < 1.29 is 26.3 Å². The lowest BCUT2D eigenvalue weighted by Crippen LogP contribution is -2.40. The zero-order valence-corrected chi connectivity index (χ0v) is 16.1. The van der Waals surface area contributed by atoms with Gasteiger partial charge in [-0.1, -0.05) is 12.8 Å². The number of sulfonamides is 1. The van der Waals surface area contributed by atoms with Gasteiger partial charge in [0, 0.05) is 17.8 Å². The van der Waals surface area contributed by atoms with Crippen LogP contribution in [0, 0.1) is 5.41 Å². The minimum Gasteiger partial charge on any atom is -0.492 e. The highest BCUT2D eigenvalue weighted by Crippen LogP contribution is 2.51. The average molecular weight is 418 g/mol. The van der Waals surface area contributed by atoms with Gasteiger partial charge >= 0.3 is 6.18 Å². The fraction of sp³-hybridized carbons (Fsp3) is 0.647. The second-order valence-electron chi connectivity index (χ2n) is 7.77. The smallest absolute Gasteiger partial charge is 0.397 e. The van der Waals surface area contributed by atoms with Crippen LogP contribution in [-0.2, 0) is 10.0 Å². The molecule has 4 rings (SSSR count). The molecule has 0 spiro atoms. The van der Waals surface area contributed by atoms with Crippen LogP contribution in [0.25, 0.3) is 5.65 Å². The molecule has 0 radical (unpaired) electrons. The number of pyridine rings is 1. The molecule has 28 heavy (non-hydrogen) atoms. The quantitative estimate of drug-likeness (QED) is 0.776. The van der Waals surface area contributed by atoms with Crippen LogP contribution in [0.4, 0.5) is 19.1 Å². The Morgan fingerprint density at radius 3 is 2.54 bits per heavy atom. The van der Waals surface area contributed by atoms with Gasteiger partial charge in [-0.2, -0.15) is 13.2 Å². The Morgan fingerprint density at radius 2 is 1.96 bits per heavy atom. The molecule has 2 aromatic heterocycles. The zero-order valence-electron chi connectivity index (χ0n) is 15.3. The number of rotatable bonds is 6. The third kappa shape index (κ3) is 3.63. The van der Waals surface area contributed by atoms with Crippen molar-refractivity contribution in [2.45, 2.75) is 50.6 Å². The number of nitrogens with one attached hydrogen (secondary N) is 1. The van der Waals surface area contributed by atoms with E-state index in [0.29, 0.717) is 24.2 Å². The van der Waals surface area contributed by atoms with Gasteiger partial charge in [0.15, 0.2) is 5.65 Å². The Balaban J connectivity index is 1.66. The topological polar surface area (TPSA) is 85.6 Å².